The second kappa shape index (κ2) is 7.38. The van der Waals surface area contributed by atoms with E-state index in [1.165, 1.54) is 5.56 Å². The van der Waals surface area contributed by atoms with E-state index in [0.29, 0.717) is 6.42 Å². The number of amides is 1. The summed E-state index contributed by atoms with van der Waals surface area (Å²) in [6, 6.07) is 8.22. The number of benzene rings is 1. The van der Waals surface area contributed by atoms with Gasteiger partial charge >= 0.3 is 0 Å². The molecule has 5 nitrogen and oxygen atoms in total. The van der Waals surface area contributed by atoms with Crippen LogP contribution in [0.15, 0.2) is 24.3 Å². The van der Waals surface area contributed by atoms with Crippen LogP contribution in [-0.2, 0) is 17.8 Å². The molecule has 0 aromatic heterocycles. The molecule has 1 aromatic carbocycles. The van der Waals surface area contributed by atoms with E-state index in [0.717, 1.165) is 44.8 Å². The summed E-state index contributed by atoms with van der Waals surface area (Å²) in [4.78, 5) is 16.2. The van der Waals surface area contributed by atoms with Crippen LogP contribution in [-0.4, -0.2) is 48.4 Å². The first kappa shape index (κ1) is 15.0. The molecule has 1 heterocycles. The number of nitrogens with two attached hydrogens (primary N) is 1. The van der Waals surface area contributed by atoms with Gasteiger partial charge in [0.05, 0.1) is 6.42 Å². The molecule has 3 N–H and O–H groups in total. The Morgan fingerprint density at radius 3 is 2.20 bits per heavy atom. The van der Waals surface area contributed by atoms with Gasteiger partial charge in [-0.1, -0.05) is 31.2 Å². The van der Waals surface area contributed by atoms with E-state index < -0.39 is 0 Å². The molecule has 0 spiro atoms. The van der Waals surface area contributed by atoms with Crippen LogP contribution in [0.1, 0.15) is 18.1 Å². The number of likely N-dealkylation sites (N-methyl/N-ethyl adjacent to an activating group) is 1. The molecule has 1 fully saturated rings. The predicted octanol–water partition coefficient (Wildman–Crippen LogP) is 0.357. The molecule has 2 rings (SSSR count). The Labute approximate surface area is 120 Å². The average molecular weight is 276 g/mol. The maximum absolute atomic E-state index is 11.2. The monoisotopic (exact) mass is 276 g/mol. The first-order valence-electron chi connectivity index (χ1n) is 7.23. The van der Waals surface area contributed by atoms with Crippen molar-refractivity contribution in [1.29, 1.82) is 0 Å². The van der Waals surface area contributed by atoms with Crippen molar-refractivity contribution in [3.63, 3.8) is 0 Å². The molecule has 1 amide bonds. The van der Waals surface area contributed by atoms with Gasteiger partial charge in [-0.15, -0.1) is 0 Å². The van der Waals surface area contributed by atoms with Gasteiger partial charge in [0, 0.05) is 32.7 Å². The summed E-state index contributed by atoms with van der Waals surface area (Å²) < 4.78 is 0. The van der Waals surface area contributed by atoms with Gasteiger partial charge < -0.3 is 4.90 Å². The molecule has 0 aliphatic carbocycles. The fraction of sp³-hybridized carbons (Fsp3) is 0.533. The molecular weight excluding hydrogens is 252 g/mol. The maximum atomic E-state index is 11.2. The number of nitrogens with one attached hydrogen (secondary N) is 1. The fourth-order valence-corrected chi connectivity index (χ4v) is 2.52. The SMILES string of the molecule is CCN1CCN(Cc2ccc(CC(=O)NN)cc2)CC1. The highest BCUT2D eigenvalue weighted by Gasteiger charge is 2.15. The third kappa shape index (κ3) is 4.30. The summed E-state index contributed by atoms with van der Waals surface area (Å²) in [5.41, 5.74) is 4.44. The van der Waals surface area contributed by atoms with E-state index in [2.05, 4.69) is 34.3 Å². The lowest BCUT2D eigenvalue weighted by Gasteiger charge is -2.34. The predicted molar refractivity (Wildman–Crippen MR) is 79.9 cm³/mol. The van der Waals surface area contributed by atoms with Gasteiger partial charge in [-0.05, 0) is 17.7 Å². The Kier molecular flexibility index (Phi) is 5.52. The molecule has 0 unspecified atom stereocenters. The van der Waals surface area contributed by atoms with Crippen LogP contribution in [0, 0.1) is 0 Å². The van der Waals surface area contributed by atoms with Crippen LogP contribution in [0.5, 0.6) is 0 Å². The maximum Gasteiger partial charge on any atom is 0.238 e. The lowest BCUT2D eigenvalue weighted by molar-refractivity contribution is -0.120. The molecule has 1 saturated heterocycles. The van der Waals surface area contributed by atoms with E-state index in [4.69, 9.17) is 5.84 Å². The third-order valence-corrected chi connectivity index (χ3v) is 3.87. The molecule has 0 saturated carbocycles. The normalized spacial score (nSPS) is 17.1. The van der Waals surface area contributed by atoms with Crippen LogP contribution < -0.4 is 11.3 Å². The van der Waals surface area contributed by atoms with Crippen molar-refractivity contribution in [2.45, 2.75) is 19.9 Å². The summed E-state index contributed by atoms with van der Waals surface area (Å²) in [6.45, 7) is 8.92. The molecule has 1 aliphatic rings. The van der Waals surface area contributed by atoms with E-state index in [-0.39, 0.29) is 5.91 Å². The lowest BCUT2D eigenvalue weighted by Crippen LogP contribution is -2.45. The van der Waals surface area contributed by atoms with Gasteiger partial charge in [-0.3, -0.25) is 15.1 Å². The van der Waals surface area contributed by atoms with E-state index in [1.54, 1.807) is 0 Å². The molecule has 20 heavy (non-hydrogen) atoms. The number of hydrogen-bond acceptors (Lipinski definition) is 4. The highest BCUT2D eigenvalue weighted by atomic mass is 16.2. The fourth-order valence-electron chi connectivity index (χ4n) is 2.52. The Hall–Kier alpha value is -1.43. The van der Waals surface area contributed by atoms with E-state index in [1.807, 2.05) is 12.1 Å². The van der Waals surface area contributed by atoms with Crippen LogP contribution in [0.4, 0.5) is 0 Å². The molecular formula is C15H24N4O. The Balaban J connectivity index is 1.83. The van der Waals surface area contributed by atoms with Gasteiger partial charge in [0.25, 0.3) is 0 Å². The van der Waals surface area contributed by atoms with Crippen molar-refractivity contribution in [2.75, 3.05) is 32.7 Å². The quantitative estimate of drug-likeness (QED) is 0.463. The minimum absolute atomic E-state index is 0.159. The number of carbonyl (C=O) groups excluding carboxylic acids is 1. The zero-order valence-corrected chi connectivity index (χ0v) is 12.1. The van der Waals surface area contributed by atoms with Crippen LogP contribution in [0.3, 0.4) is 0 Å². The lowest BCUT2D eigenvalue weighted by atomic mass is 10.1. The number of hydrogen-bond donors (Lipinski definition) is 2. The Bertz CT molecular complexity index is 424. The van der Waals surface area contributed by atoms with Gasteiger partial charge in [-0.2, -0.15) is 0 Å². The first-order valence-corrected chi connectivity index (χ1v) is 7.23. The second-order valence-corrected chi connectivity index (χ2v) is 5.27. The third-order valence-electron chi connectivity index (χ3n) is 3.87. The summed E-state index contributed by atoms with van der Waals surface area (Å²) in [5, 5.41) is 0. The number of piperazine rings is 1. The summed E-state index contributed by atoms with van der Waals surface area (Å²) >= 11 is 0. The number of hydrazine groups is 1. The van der Waals surface area contributed by atoms with Gasteiger partial charge in [0.2, 0.25) is 5.91 Å². The smallest absolute Gasteiger partial charge is 0.238 e. The zero-order chi connectivity index (χ0) is 14.4. The summed E-state index contributed by atoms with van der Waals surface area (Å²) in [6.07, 6.45) is 0.339. The molecule has 110 valence electrons. The molecule has 1 aromatic rings. The molecule has 0 atom stereocenters. The average Bonchev–Trinajstić information content (AvgIpc) is 2.50. The van der Waals surface area contributed by atoms with Crippen LogP contribution in [0.25, 0.3) is 0 Å². The van der Waals surface area contributed by atoms with Crippen molar-refractivity contribution in [3.8, 4) is 0 Å². The zero-order valence-electron chi connectivity index (χ0n) is 12.1. The van der Waals surface area contributed by atoms with Crippen LogP contribution >= 0.6 is 0 Å². The minimum atomic E-state index is -0.159. The Morgan fingerprint density at radius 1 is 1.10 bits per heavy atom. The van der Waals surface area contributed by atoms with Crippen molar-refractivity contribution < 1.29 is 4.79 Å². The molecule has 0 bridgehead atoms. The first-order chi connectivity index (χ1) is 9.71. The van der Waals surface area contributed by atoms with Crippen molar-refractivity contribution >= 4 is 5.91 Å². The summed E-state index contributed by atoms with van der Waals surface area (Å²) in [7, 11) is 0. The van der Waals surface area contributed by atoms with Crippen molar-refractivity contribution in [2.24, 2.45) is 5.84 Å². The van der Waals surface area contributed by atoms with Crippen molar-refractivity contribution in [3.05, 3.63) is 35.4 Å². The number of rotatable bonds is 5. The van der Waals surface area contributed by atoms with E-state index >= 15 is 0 Å². The molecule has 0 radical (unpaired) electrons. The van der Waals surface area contributed by atoms with Gasteiger partial charge in [-0.25, -0.2) is 5.84 Å². The number of nitrogens with zero attached hydrogens (tertiary/aromatic N) is 2. The number of carbonyl (C=O) groups is 1. The standard InChI is InChI=1S/C15H24N4O/c1-2-18-7-9-19(10-8-18)12-14-5-3-13(4-6-14)11-15(20)17-16/h3-6H,2,7-12,16H2,1H3,(H,17,20). The van der Waals surface area contributed by atoms with Crippen molar-refractivity contribution in [1.82, 2.24) is 15.2 Å². The molecule has 1 aliphatic heterocycles. The minimum Gasteiger partial charge on any atom is -0.301 e. The van der Waals surface area contributed by atoms with Gasteiger partial charge in [0.15, 0.2) is 0 Å². The summed E-state index contributed by atoms with van der Waals surface area (Å²) in [5.74, 6) is 4.93. The van der Waals surface area contributed by atoms with E-state index in [9.17, 15) is 4.79 Å². The topological polar surface area (TPSA) is 61.6 Å². The highest BCUT2D eigenvalue weighted by molar-refractivity contribution is 5.77. The molecule has 5 heteroatoms. The Morgan fingerprint density at radius 2 is 1.65 bits per heavy atom. The van der Waals surface area contributed by atoms with Gasteiger partial charge in [0.1, 0.15) is 0 Å². The highest BCUT2D eigenvalue weighted by Crippen LogP contribution is 2.10. The largest absolute Gasteiger partial charge is 0.301 e. The second-order valence-electron chi connectivity index (χ2n) is 5.27. The van der Waals surface area contributed by atoms with Crippen LogP contribution in [0.2, 0.25) is 0 Å².